The Hall–Kier alpha value is -3.09. The van der Waals surface area contributed by atoms with Crippen molar-refractivity contribution < 1.29 is 28.2 Å². The fourth-order valence-electron chi connectivity index (χ4n) is 2.58. The van der Waals surface area contributed by atoms with Crippen LogP contribution < -0.4 is 14.8 Å². The summed E-state index contributed by atoms with van der Waals surface area (Å²) in [5.41, 5.74) is 0.760. The maximum atomic E-state index is 12.9. The topological polar surface area (TPSA) is 73.9 Å². The summed E-state index contributed by atoms with van der Waals surface area (Å²) in [6.07, 6.45) is 0.588. The lowest BCUT2D eigenvalue weighted by Gasteiger charge is -2.14. The van der Waals surface area contributed by atoms with Gasteiger partial charge in [0.2, 0.25) is 0 Å². The Morgan fingerprint density at radius 2 is 1.69 bits per heavy atom. The summed E-state index contributed by atoms with van der Waals surface area (Å²) in [4.78, 5) is 23.7. The first kappa shape index (κ1) is 22.2. The molecule has 0 aliphatic heterocycles. The van der Waals surface area contributed by atoms with Gasteiger partial charge in [-0.2, -0.15) is 0 Å². The minimum absolute atomic E-state index is 0.137. The highest BCUT2D eigenvalue weighted by molar-refractivity contribution is 5.80. The number of carbonyl (C=O) groups is 2. The third-order valence-corrected chi connectivity index (χ3v) is 4.04. The molecule has 0 radical (unpaired) electrons. The highest BCUT2D eigenvalue weighted by Gasteiger charge is 2.12. The van der Waals surface area contributed by atoms with Gasteiger partial charge in [0.05, 0.1) is 19.3 Å². The summed E-state index contributed by atoms with van der Waals surface area (Å²) < 4.78 is 29.0. The largest absolute Gasteiger partial charge is 0.490 e. The van der Waals surface area contributed by atoms with E-state index in [9.17, 15) is 14.0 Å². The molecule has 0 aliphatic rings. The SMILES string of the molecule is CCOc1ccccc1OCCCC(=O)OCC(=O)NC(C)c1ccc(F)cc1. The van der Waals surface area contributed by atoms with Gasteiger partial charge in [-0.05, 0) is 50.1 Å². The van der Waals surface area contributed by atoms with Crippen LogP contribution in [-0.2, 0) is 14.3 Å². The maximum absolute atomic E-state index is 12.9. The Morgan fingerprint density at radius 1 is 1.03 bits per heavy atom. The zero-order chi connectivity index (χ0) is 21.1. The maximum Gasteiger partial charge on any atom is 0.306 e. The van der Waals surface area contributed by atoms with Gasteiger partial charge < -0.3 is 19.5 Å². The number of rotatable bonds is 11. The van der Waals surface area contributed by atoms with E-state index in [1.165, 1.54) is 12.1 Å². The molecule has 2 rings (SSSR count). The van der Waals surface area contributed by atoms with Crippen LogP contribution in [0, 0.1) is 5.82 Å². The monoisotopic (exact) mass is 403 g/mol. The van der Waals surface area contributed by atoms with Crippen LogP contribution in [-0.4, -0.2) is 31.7 Å². The standard InChI is InChI=1S/C22H26FNO5/c1-3-27-19-7-4-5-8-20(19)28-14-6-9-22(26)29-15-21(25)24-16(2)17-10-12-18(23)13-11-17/h4-5,7-8,10-13,16H,3,6,9,14-15H2,1-2H3,(H,24,25). The van der Waals surface area contributed by atoms with Gasteiger partial charge in [-0.15, -0.1) is 0 Å². The molecule has 7 heteroatoms. The molecule has 2 aromatic rings. The van der Waals surface area contributed by atoms with Gasteiger partial charge in [-0.3, -0.25) is 9.59 Å². The predicted molar refractivity (Wildman–Crippen MR) is 106 cm³/mol. The lowest BCUT2D eigenvalue weighted by molar-refractivity contribution is -0.148. The minimum Gasteiger partial charge on any atom is -0.490 e. The van der Waals surface area contributed by atoms with Gasteiger partial charge in [0.25, 0.3) is 5.91 Å². The van der Waals surface area contributed by atoms with Crippen LogP contribution in [0.5, 0.6) is 11.5 Å². The van der Waals surface area contributed by atoms with Crippen LogP contribution in [0.15, 0.2) is 48.5 Å². The molecule has 2 aromatic carbocycles. The average molecular weight is 403 g/mol. The van der Waals surface area contributed by atoms with E-state index in [2.05, 4.69) is 5.32 Å². The number of hydrogen-bond acceptors (Lipinski definition) is 5. The Bertz CT molecular complexity index is 794. The van der Waals surface area contributed by atoms with Crippen molar-refractivity contribution in [3.63, 3.8) is 0 Å². The Morgan fingerprint density at radius 3 is 2.34 bits per heavy atom. The van der Waals surface area contributed by atoms with Crippen LogP contribution in [0.3, 0.4) is 0 Å². The second kappa shape index (κ2) is 11.7. The van der Waals surface area contributed by atoms with Crippen molar-refractivity contribution in [2.45, 2.75) is 32.7 Å². The summed E-state index contributed by atoms with van der Waals surface area (Å²) in [6.45, 7) is 4.16. The number of amides is 1. The Kier molecular flexibility index (Phi) is 8.95. The van der Waals surface area contributed by atoms with Crippen LogP contribution in [0.4, 0.5) is 4.39 Å². The highest BCUT2D eigenvalue weighted by atomic mass is 19.1. The molecule has 0 saturated carbocycles. The molecule has 0 spiro atoms. The summed E-state index contributed by atoms with van der Waals surface area (Å²) >= 11 is 0. The van der Waals surface area contributed by atoms with Gasteiger partial charge in [0.15, 0.2) is 18.1 Å². The van der Waals surface area contributed by atoms with Crippen molar-refractivity contribution in [1.82, 2.24) is 5.32 Å². The normalized spacial score (nSPS) is 11.4. The fraction of sp³-hybridized carbons (Fsp3) is 0.364. The third kappa shape index (κ3) is 7.81. The van der Waals surface area contributed by atoms with E-state index in [1.54, 1.807) is 25.1 Å². The van der Waals surface area contributed by atoms with E-state index in [4.69, 9.17) is 14.2 Å². The van der Waals surface area contributed by atoms with Crippen molar-refractivity contribution in [2.24, 2.45) is 0 Å². The van der Waals surface area contributed by atoms with Crippen molar-refractivity contribution >= 4 is 11.9 Å². The van der Waals surface area contributed by atoms with Gasteiger partial charge in [-0.25, -0.2) is 4.39 Å². The number of halogens is 1. The molecule has 156 valence electrons. The van der Waals surface area contributed by atoms with Gasteiger partial charge in [-0.1, -0.05) is 24.3 Å². The van der Waals surface area contributed by atoms with E-state index in [-0.39, 0.29) is 24.9 Å². The number of para-hydroxylation sites is 2. The molecule has 1 atom stereocenters. The van der Waals surface area contributed by atoms with E-state index in [0.717, 1.165) is 5.56 Å². The summed E-state index contributed by atoms with van der Waals surface area (Å²) in [5, 5.41) is 2.70. The second-order valence-electron chi connectivity index (χ2n) is 6.33. The molecular weight excluding hydrogens is 377 g/mol. The number of ether oxygens (including phenoxy) is 3. The number of hydrogen-bond donors (Lipinski definition) is 1. The lowest BCUT2D eigenvalue weighted by Crippen LogP contribution is -2.31. The zero-order valence-corrected chi connectivity index (χ0v) is 16.7. The predicted octanol–water partition coefficient (Wildman–Crippen LogP) is 3.80. The molecule has 0 fully saturated rings. The fourth-order valence-corrected chi connectivity index (χ4v) is 2.58. The van der Waals surface area contributed by atoms with Crippen molar-refractivity contribution in [3.8, 4) is 11.5 Å². The number of carbonyl (C=O) groups excluding carboxylic acids is 2. The molecule has 0 heterocycles. The van der Waals surface area contributed by atoms with E-state index in [1.807, 2.05) is 25.1 Å². The Balaban J connectivity index is 1.64. The van der Waals surface area contributed by atoms with E-state index < -0.39 is 11.9 Å². The van der Waals surface area contributed by atoms with Crippen molar-refractivity contribution in [1.29, 1.82) is 0 Å². The average Bonchev–Trinajstić information content (AvgIpc) is 2.71. The lowest BCUT2D eigenvalue weighted by atomic mass is 10.1. The summed E-state index contributed by atoms with van der Waals surface area (Å²) in [7, 11) is 0. The number of esters is 1. The Labute approximate surface area is 170 Å². The molecule has 0 aliphatic carbocycles. The molecule has 1 amide bonds. The summed E-state index contributed by atoms with van der Waals surface area (Å²) in [5.74, 6) is 0.0429. The van der Waals surface area contributed by atoms with Crippen LogP contribution in [0.2, 0.25) is 0 Å². The molecular formula is C22H26FNO5. The zero-order valence-electron chi connectivity index (χ0n) is 16.7. The van der Waals surface area contributed by atoms with Gasteiger partial charge in [0, 0.05) is 6.42 Å². The second-order valence-corrected chi connectivity index (χ2v) is 6.33. The van der Waals surface area contributed by atoms with E-state index in [0.29, 0.717) is 31.1 Å². The first-order chi connectivity index (χ1) is 14.0. The first-order valence-electron chi connectivity index (χ1n) is 9.54. The van der Waals surface area contributed by atoms with Gasteiger partial charge in [0.1, 0.15) is 5.82 Å². The highest BCUT2D eigenvalue weighted by Crippen LogP contribution is 2.26. The number of benzene rings is 2. The molecule has 29 heavy (non-hydrogen) atoms. The van der Waals surface area contributed by atoms with Crippen LogP contribution >= 0.6 is 0 Å². The third-order valence-electron chi connectivity index (χ3n) is 4.04. The van der Waals surface area contributed by atoms with Crippen molar-refractivity contribution in [2.75, 3.05) is 19.8 Å². The first-order valence-corrected chi connectivity index (χ1v) is 9.54. The molecule has 0 aromatic heterocycles. The molecule has 1 unspecified atom stereocenters. The van der Waals surface area contributed by atoms with E-state index >= 15 is 0 Å². The molecule has 1 N–H and O–H groups in total. The number of nitrogens with one attached hydrogen (secondary N) is 1. The minimum atomic E-state index is -0.476. The molecule has 6 nitrogen and oxygen atoms in total. The quantitative estimate of drug-likeness (QED) is 0.456. The van der Waals surface area contributed by atoms with Gasteiger partial charge >= 0.3 is 5.97 Å². The molecule has 0 bridgehead atoms. The van der Waals surface area contributed by atoms with Crippen molar-refractivity contribution in [3.05, 3.63) is 59.9 Å². The molecule has 0 saturated heterocycles. The van der Waals surface area contributed by atoms with Crippen LogP contribution in [0.1, 0.15) is 38.3 Å². The smallest absolute Gasteiger partial charge is 0.306 e. The van der Waals surface area contributed by atoms with Crippen LogP contribution in [0.25, 0.3) is 0 Å². The summed E-state index contributed by atoms with van der Waals surface area (Å²) in [6, 6.07) is 12.8.